The number of anilines is 1. The number of carbonyl (C=O) groups excluding carboxylic acids is 1. The number of H-pyrrole nitrogens is 1. The first-order chi connectivity index (χ1) is 15.7. The molecule has 0 radical (unpaired) electrons. The predicted molar refractivity (Wildman–Crippen MR) is 146 cm³/mol. The van der Waals surface area contributed by atoms with Gasteiger partial charge in [0.1, 0.15) is 23.6 Å². The molecule has 1 amide bonds. The van der Waals surface area contributed by atoms with E-state index in [0.717, 1.165) is 0 Å². The van der Waals surface area contributed by atoms with E-state index in [2.05, 4.69) is 61.4 Å². The molecule has 2 aliphatic rings. The third kappa shape index (κ3) is 5.89. The number of rotatable bonds is 4. The number of halogens is 1. The molecule has 1 unspecified atom stereocenters. The van der Waals surface area contributed by atoms with E-state index in [9.17, 15) is 9.59 Å². The van der Waals surface area contributed by atoms with Crippen LogP contribution in [0.15, 0.2) is 10.9 Å². The largest absolute Gasteiger partial charge is 0.444 e. The van der Waals surface area contributed by atoms with Crippen LogP contribution in [0.2, 0.25) is 18.1 Å². The topological polar surface area (TPSA) is 116 Å². The maximum Gasteiger partial charge on any atom is 0.411 e. The highest BCUT2D eigenvalue weighted by atomic mass is 127. The molecule has 2 saturated heterocycles. The molecule has 198 valence electrons. The van der Waals surface area contributed by atoms with Gasteiger partial charge in [-0.15, -0.1) is 0 Å². The number of likely N-dealkylation sites (tertiary alicyclic amines) is 1. The van der Waals surface area contributed by atoms with E-state index in [4.69, 9.17) is 24.4 Å². The SMILES string of the molecule is CC(C)(C)OC(=O)N1C(c2cc(I)c(N)[nH]c2=O)[C@@H]2OC(C)(C)O[C@@H]2[C@H]1CO[Si](C)(C)C(C)(C)C. The Kier molecular flexibility index (Phi) is 7.55. The van der Waals surface area contributed by atoms with E-state index in [1.54, 1.807) is 11.0 Å². The number of nitrogens with two attached hydrogens (primary N) is 1. The lowest BCUT2D eigenvalue weighted by Crippen LogP contribution is -2.51. The van der Waals surface area contributed by atoms with Crippen LogP contribution in [0.5, 0.6) is 0 Å². The van der Waals surface area contributed by atoms with E-state index in [0.29, 0.717) is 9.13 Å². The maximum absolute atomic E-state index is 13.6. The number of amides is 1. The van der Waals surface area contributed by atoms with Gasteiger partial charge in [-0.2, -0.15) is 0 Å². The Morgan fingerprint density at radius 1 is 1.20 bits per heavy atom. The fourth-order valence-electron chi connectivity index (χ4n) is 4.21. The van der Waals surface area contributed by atoms with Crippen molar-refractivity contribution >= 4 is 42.8 Å². The summed E-state index contributed by atoms with van der Waals surface area (Å²) in [5.74, 6) is -0.601. The van der Waals surface area contributed by atoms with Gasteiger partial charge in [0.25, 0.3) is 5.56 Å². The van der Waals surface area contributed by atoms with Gasteiger partial charge in [-0.25, -0.2) is 4.79 Å². The van der Waals surface area contributed by atoms with Crippen molar-refractivity contribution in [2.24, 2.45) is 0 Å². The Bertz CT molecular complexity index is 1030. The summed E-state index contributed by atoms with van der Waals surface area (Å²) in [6.07, 6.45) is -1.62. The van der Waals surface area contributed by atoms with Gasteiger partial charge in [0, 0.05) is 5.56 Å². The minimum atomic E-state index is -2.15. The second-order valence-corrected chi connectivity index (χ2v) is 18.3. The summed E-state index contributed by atoms with van der Waals surface area (Å²) in [5, 5.41) is -0.0162. The van der Waals surface area contributed by atoms with E-state index in [-0.39, 0.29) is 23.0 Å². The number of pyridine rings is 1. The molecule has 0 saturated carbocycles. The number of hydrogen-bond acceptors (Lipinski definition) is 7. The van der Waals surface area contributed by atoms with E-state index < -0.39 is 50.1 Å². The zero-order valence-corrected chi connectivity index (χ0v) is 25.6. The van der Waals surface area contributed by atoms with Gasteiger partial charge in [0.2, 0.25) is 0 Å². The molecule has 0 aliphatic carbocycles. The van der Waals surface area contributed by atoms with Crippen LogP contribution in [0, 0.1) is 3.57 Å². The highest BCUT2D eigenvalue weighted by Gasteiger charge is 2.61. The van der Waals surface area contributed by atoms with Crippen LogP contribution >= 0.6 is 22.6 Å². The summed E-state index contributed by atoms with van der Waals surface area (Å²) in [5.41, 5.74) is 5.21. The highest BCUT2D eigenvalue weighted by Crippen LogP contribution is 2.48. The molecule has 1 aromatic rings. The highest BCUT2D eigenvalue weighted by molar-refractivity contribution is 14.1. The summed E-state index contributed by atoms with van der Waals surface area (Å²) in [7, 11) is -2.15. The smallest absolute Gasteiger partial charge is 0.411 e. The summed E-state index contributed by atoms with van der Waals surface area (Å²) >= 11 is 2.07. The summed E-state index contributed by atoms with van der Waals surface area (Å²) < 4.78 is 25.7. The Morgan fingerprint density at radius 3 is 2.31 bits per heavy atom. The zero-order chi connectivity index (χ0) is 26.7. The third-order valence-corrected chi connectivity index (χ3v) is 12.3. The lowest BCUT2D eigenvalue weighted by Gasteiger charge is -2.40. The average molecular weight is 622 g/mol. The average Bonchev–Trinajstić information content (AvgIpc) is 3.11. The summed E-state index contributed by atoms with van der Waals surface area (Å²) in [6, 6.07) is 0.465. The van der Waals surface area contributed by atoms with Crippen LogP contribution in [0.1, 0.15) is 67.0 Å². The number of hydrogen-bond donors (Lipinski definition) is 2. The van der Waals surface area contributed by atoms with Crippen molar-refractivity contribution in [2.45, 2.75) is 109 Å². The fourth-order valence-corrected chi connectivity index (χ4v) is 5.70. The molecule has 3 N–H and O–H groups in total. The van der Waals surface area contributed by atoms with Crippen molar-refractivity contribution in [3.8, 4) is 0 Å². The van der Waals surface area contributed by atoms with Gasteiger partial charge in [0.15, 0.2) is 14.1 Å². The van der Waals surface area contributed by atoms with Crippen molar-refractivity contribution in [2.75, 3.05) is 12.3 Å². The number of fused-ring (bicyclic) bond motifs is 1. The lowest BCUT2D eigenvalue weighted by molar-refractivity contribution is -0.168. The van der Waals surface area contributed by atoms with Gasteiger partial charge in [-0.05, 0) is 81.4 Å². The first kappa shape index (κ1) is 28.4. The Morgan fingerprint density at radius 2 is 1.77 bits per heavy atom. The van der Waals surface area contributed by atoms with Crippen LogP contribution < -0.4 is 11.3 Å². The molecule has 0 spiro atoms. The maximum atomic E-state index is 13.6. The minimum absolute atomic E-state index is 0.0162. The minimum Gasteiger partial charge on any atom is -0.444 e. The van der Waals surface area contributed by atoms with Gasteiger partial charge in [0.05, 0.1) is 22.3 Å². The number of aromatic amines is 1. The van der Waals surface area contributed by atoms with Crippen LogP contribution in [0.4, 0.5) is 10.6 Å². The van der Waals surface area contributed by atoms with Crippen LogP contribution in [0.25, 0.3) is 0 Å². The second-order valence-electron chi connectivity index (χ2n) is 12.4. The Labute approximate surface area is 222 Å². The molecular formula is C24H40IN3O6Si. The first-order valence-corrected chi connectivity index (χ1v) is 15.9. The Hall–Kier alpha value is -1.15. The van der Waals surface area contributed by atoms with Crippen LogP contribution in [0.3, 0.4) is 0 Å². The van der Waals surface area contributed by atoms with Gasteiger partial charge in [-0.1, -0.05) is 20.8 Å². The molecule has 3 rings (SSSR count). The van der Waals surface area contributed by atoms with Crippen LogP contribution in [-0.2, 0) is 18.6 Å². The predicted octanol–water partition coefficient (Wildman–Crippen LogP) is 4.76. The van der Waals surface area contributed by atoms with Crippen molar-refractivity contribution in [1.82, 2.24) is 9.88 Å². The summed E-state index contributed by atoms with van der Waals surface area (Å²) in [6.45, 7) is 20.2. The molecule has 35 heavy (non-hydrogen) atoms. The molecule has 0 aromatic carbocycles. The van der Waals surface area contributed by atoms with Gasteiger partial charge < -0.3 is 29.4 Å². The standard InChI is InChI=1S/C24H40IN3O6Si/c1-22(2,3)34-21(30)28-15(12-31-35(9,10)23(4,5)6)17-18(33-24(7,8)32-17)16(28)13-11-14(25)19(26)27-20(13)29/h11,15-18H,12H2,1-10H3,(H3,26,27,29)/t15-,16?,17-,18+/m1/s1. The number of nitrogens with one attached hydrogen (secondary N) is 1. The van der Waals surface area contributed by atoms with Gasteiger partial charge in [-0.3, -0.25) is 9.69 Å². The van der Waals surface area contributed by atoms with Crippen LogP contribution in [-0.4, -0.2) is 60.5 Å². The molecule has 1 aromatic heterocycles. The quantitative estimate of drug-likeness (QED) is 0.368. The van der Waals surface area contributed by atoms with Crippen molar-refractivity contribution in [3.05, 3.63) is 25.6 Å². The van der Waals surface area contributed by atoms with E-state index in [1.807, 2.05) is 34.6 Å². The summed E-state index contributed by atoms with van der Waals surface area (Å²) in [4.78, 5) is 31.0. The number of aromatic nitrogens is 1. The number of carbonyl (C=O) groups is 1. The zero-order valence-electron chi connectivity index (χ0n) is 22.4. The third-order valence-electron chi connectivity index (χ3n) is 6.91. The molecule has 2 fully saturated rings. The molecule has 11 heteroatoms. The molecule has 9 nitrogen and oxygen atoms in total. The second kappa shape index (κ2) is 9.30. The normalized spacial score (nSPS) is 26.7. The molecule has 3 heterocycles. The fraction of sp³-hybridized carbons (Fsp3) is 0.750. The number of nitrogens with zero attached hydrogens (tertiary/aromatic N) is 1. The van der Waals surface area contributed by atoms with E-state index >= 15 is 0 Å². The van der Waals surface area contributed by atoms with Gasteiger partial charge >= 0.3 is 6.09 Å². The number of nitrogen functional groups attached to an aromatic ring is 1. The monoisotopic (exact) mass is 621 g/mol. The van der Waals surface area contributed by atoms with Crippen molar-refractivity contribution in [3.63, 3.8) is 0 Å². The molecule has 2 aliphatic heterocycles. The molecular weight excluding hydrogens is 581 g/mol. The van der Waals surface area contributed by atoms with Crippen molar-refractivity contribution < 1.29 is 23.4 Å². The molecule has 4 atom stereocenters. The first-order valence-electron chi connectivity index (χ1n) is 11.9. The lowest BCUT2D eigenvalue weighted by atomic mass is 10.0. The number of ether oxygens (including phenoxy) is 3. The van der Waals surface area contributed by atoms with Crippen molar-refractivity contribution in [1.29, 1.82) is 0 Å². The Balaban J connectivity index is 2.12. The molecule has 0 bridgehead atoms. The van der Waals surface area contributed by atoms with E-state index in [1.165, 1.54) is 0 Å².